The van der Waals surface area contributed by atoms with Crippen molar-refractivity contribution in [2.75, 3.05) is 13.2 Å². The Bertz CT molecular complexity index is 492. The Morgan fingerprint density at radius 1 is 1.04 bits per heavy atom. The molecule has 0 amide bonds. The number of aliphatic hydroxyl groups is 4. The summed E-state index contributed by atoms with van der Waals surface area (Å²) in [5, 5.41) is 40.5. The van der Waals surface area contributed by atoms with Gasteiger partial charge in [0.25, 0.3) is 0 Å². The van der Waals surface area contributed by atoms with Crippen LogP contribution in [0.3, 0.4) is 0 Å². The van der Waals surface area contributed by atoms with Gasteiger partial charge >= 0.3 is 0 Å². The standard InChI is InChI=1S/C20H34O4/c1-12-4-5-15-14(11-22)16(6-7-19(12,15)2)20(3)9-18(24)17(23)8-13(20)10-21/h13-18,21-24H,1,4-11H2,2-3H3/t13-,14+,15?,16?,17+,18-,19-,20+/m1/s1. The van der Waals surface area contributed by atoms with Crippen LogP contribution in [0.2, 0.25) is 0 Å². The summed E-state index contributed by atoms with van der Waals surface area (Å²) in [6.45, 7) is 8.94. The first-order valence-corrected chi connectivity index (χ1v) is 9.54. The molecule has 3 saturated carbocycles. The summed E-state index contributed by atoms with van der Waals surface area (Å²) in [6.07, 6.45) is 3.67. The third-order valence-electron chi connectivity index (χ3n) is 8.22. The van der Waals surface area contributed by atoms with Crippen molar-refractivity contribution in [3.63, 3.8) is 0 Å². The molecule has 3 aliphatic carbocycles. The second-order valence-corrected chi connectivity index (χ2v) is 9.12. The Morgan fingerprint density at radius 2 is 1.75 bits per heavy atom. The molecule has 3 aliphatic rings. The minimum Gasteiger partial charge on any atom is -0.396 e. The summed E-state index contributed by atoms with van der Waals surface area (Å²) in [6, 6.07) is 0. The number of rotatable bonds is 3. The van der Waals surface area contributed by atoms with Crippen molar-refractivity contribution in [2.45, 2.75) is 64.6 Å². The van der Waals surface area contributed by atoms with Gasteiger partial charge in [0.15, 0.2) is 0 Å². The van der Waals surface area contributed by atoms with Crippen LogP contribution in [0.1, 0.15) is 52.4 Å². The van der Waals surface area contributed by atoms with E-state index in [9.17, 15) is 20.4 Å². The Balaban J connectivity index is 1.91. The molecule has 138 valence electrons. The number of allylic oxidation sites excluding steroid dienone is 1. The van der Waals surface area contributed by atoms with Crippen molar-refractivity contribution in [3.8, 4) is 0 Å². The molecule has 4 heteroatoms. The van der Waals surface area contributed by atoms with E-state index in [1.54, 1.807) is 0 Å². The molecule has 3 rings (SSSR count). The van der Waals surface area contributed by atoms with E-state index in [1.807, 2.05) is 0 Å². The van der Waals surface area contributed by atoms with Gasteiger partial charge in [-0.2, -0.15) is 0 Å². The molecule has 0 spiro atoms. The molecular weight excluding hydrogens is 304 g/mol. The number of hydrogen-bond acceptors (Lipinski definition) is 4. The Kier molecular flexibility index (Phi) is 4.89. The molecule has 0 aliphatic heterocycles. The first-order chi connectivity index (χ1) is 11.3. The van der Waals surface area contributed by atoms with Crippen LogP contribution in [0.25, 0.3) is 0 Å². The second-order valence-electron chi connectivity index (χ2n) is 9.12. The lowest BCUT2D eigenvalue weighted by molar-refractivity contribution is -0.143. The summed E-state index contributed by atoms with van der Waals surface area (Å²) in [4.78, 5) is 0. The normalized spacial score (nSPS) is 52.3. The van der Waals surface area contributed by atoms with Crippen molar-refractivity contribution >= 4 is 0 Å². The fourth-order valence-corrected chi connectivity index (χ4v) is 6.48. The third kappa shape index (κ3) is 2.57. The van der Waals surface area contributed by atoms with Crippen molar-refractivity contribution < 1.29 is 20.4 Å². The molecule has 0 heterocycles. The lowest BCUT2D eigenvalue weighted by Gasteiger charge is -2.57. The Morgan fingerprint density at radius 3 is 2.38 bits per heavy atom. The van der Waals surface area contributed by atoms with Crippen LogP contribution in [0.5, 0.6) is 0 Å². The molecule has 0 aromatic rings. The van der Waals surface area contributed by atoms with E-state index >= 15 is 0 Å². The lowest BCUT2D eigenvalue weighted by atomic mass is 9.49. The summed E-state index contributed by atoms with van der Waals surface area (Å²) >= 11 is 0. The van der Waals surface area contributed by atoms with Gasteiger partial charge in [0.2, 0.25) is 0 Å². The van der Waals surface area contributed by atoms with E-state index in [4.69, 9.17) is 0 Å². The van der Waals surface area contributed by atoms with E-state index in [0.29, 0.717) is 18.8 Å². The van der Waals surface area contributed by atoms with Gasteiger partial charge in [-0.1, -0.05) is 26.0 Å². The molecule has 4 nitrogen and oxygen atoms in total. The van der Waals surface area contributed by atoms with Gasteiger partial charge in [0.1, 0.15) is 0 Å². The van der Waals surface area contributed by atoms with Gasteiger partial charge in [-0.3, -0.25) is 0 Å². The zero-order valence-corrected chi connectivity index (χ0v) is 15.1. The SMILES string of the molecule is C=C1CCC2[C@H](CO)C([C@@]3(C)C[C@@H](O)[C@@H](O)C[C@@H]3CO)CC[C@]12C. The minimum absolute atomic E-state index is 0.0242. The van der Waals surface area contributed by atoms with Crippen molar-refractivity contribution in [1.82, 2.24) is 0 Å². The number of aliphatic hydroxyl groups excluding tert-OH is 4. The number of fused-ring (bicyclic) bond motifs is 1. The van der Waals surface area contributed by atoms with Crippen LogP contribution in [-0.4, -0.2) is 45.8 Å². The predicted octanol–water partition coefficient (Wildman–Crippen LogP) is 2.11. The molecule has 0 bridgehead atoms. The quantitative estimate of drug-likeness (QED) is 0.594. The summed E-state index contributed by atoms with van der Waals surface area (Å²) in [7, 11) is 0. The largest absolute Gasteiger partial charge is 0.396 e. The van der Waals surface area contributed by atoms with Crippen molar-refractivity contribution in [1.29, 1.82) is 0 Å². The highest BCUT2D eigenvalue weighted by Gasteiger charge is 2.57. The van der Waals surface area contributed by atoms with Crippen LogP contribution in [0.4, 0.5) is 0 Å². The monoisotopic (exact) mass is 338 g/mol. The zero-order chi connectivity index (χ0) is 17.7. The average Bonchev–Trinajstić information content (AvgIpc) is 2.85. The maximum absolute atomic E-state index is 10.3. The van der Waals surface area contributed by atoms with Crippen molar-refractivity contribution in [2.24, 2.45) is 34.5 Å². The molecular formula is C20H34O4. The maximum atomic E-state index is 10.3. The van der Waals surface area contributed by atoms with Crippen LogP contribution >= 0.6 is 0 Å². The highest BCUT2D eigenvalue weighted by Crippen LogP contribution is 2.63. The highest BCUT2D eigenvalue weighted by molar-refractivity contribution is 5.20. The summed E-state index contributed by atoms with van der Waals surface area (Å²) in [5.41, 5.74) is 1.21. The number of hydrogen-bond donors (Lipinski definition) is 4. The summed E-state index contributed by atoms with van der Waals surface area (Å²) < 4.78 is 0. The highest BCUT2D eigenvalue weighted by atomic mass is 16.3. The van der Waals surface area contributed by atoms with Crippen LogP contribution in [0, 0.1) is 34.5 Å². The van der Waals surface area contributed by atoms with E-state index in [-0.39, 0.29) is 41.8 Å². The van der Waals surface area contributed by atoms with Gasteiger partial charge in [-0.05, 0) is 73.0 Å². The van der Waals surface area contributed by atoms with Crippen LogP contribution < -0.4 is 0 Å². The first-order valence-electron chi connectivity index (χ1n) is 9.54. The van der Waals surface area contributed by atoms with E-state index in [1.165, 1.54) is 5.57 Å². The minimum atomic E-state index is -0.747. The van der Waals surface area contributed by atoms with Gasteiger partial charge in [0, 0.05) is 13.2 Å². The zero-order valence-electron chi connectivity index (χ0n) is 15.1. The lowest BCUT2D eigenvalue weighted by Crippen LogP contribution is -2.55. The maximum Gasteiger partial charge on any atom is 0.0804 e. The van der Waals surface area contributed by atoms with E-state index in [0.717, 1.165) is 25.7 Å². The van der Waals surface area contributed by atoms with Gasteiger partial charge in [0.05, 0.1) is 12.2 Å². The average molecular weight is 338 g/mol. The van der Waals surface area contributed by atoms with Gasteiger partial charge < -0.3 is 20.4 Å². The third-order valence-corrected chi connectivity index (χ3v) is 8.22. The smallest absolute Gasteiger partial charge is 0.0804 e. The molecule has 8 atom stereocenters. The molecule has 0 radical (unpaired) electrons. The van der Waals surface area contributed by atoms with Crippen LogP contribution in [-0.2, 0) is 0 Å². The Labute approximate surface area is 145 Å². The fourth-order valence-electron chi connectivity index (χ4n) is 6.48. The fraction of sp³-hybridized carbons (Fsp3) is 0.900. The second kappa shape index (κ2) is 6.39. The van der Waals surface area contributed by atoms with Crippen LogP contribution in [0.15, 0.2) is 12.2 Å². The van der Waals surface area contributed by atoms with Crippen molar-refractivity contribution in [3.05, 3.63) is 12.2 Å². The molecule has 4 N–H and O–H groups in total. The van der Waals surface area contributed by atoms with E-state index in [2.05, 4.69) is 20.4 Å². The summed E-state index contributed by atoms with van der Waals surface area (Å²) in [5.74, 6) is 0.869. The molecule has 3 fully saturated rings. The molecule has 0 aromatic carbocycles. The molecule has 0 saturated heterocycles. The molecule has 0 aromatic heterocycles. The Hall–Kier alpha value is -0.420. The van der Waals surface area contributed by atoms with E-state index < -0.39 is 12.2 Å². The topological polar surface area (TPSA) is 80.9 Å². The van der Waals surface area contributed by atoms with Gasteiger partial charge in [-0.15, -0.1) is 0 Å². The van der Waals surface area contributed by atoms with Gasteiger partial charge in [-0.25, -0.2) is 0 Å². The molecule has 2 unspecified atom stereocenters. The predicted molar refractivity (Wildman–Crippen MR) is 93.2 cm³/mol. The molecule has 24 heavy (non-hydrogen) atoms. The first kappa shape index (κ1) is 18.4.